The molecule has 0 saturated heterocycles. The maximum absolute atomic E-state index is 12.9. The predicted molar refractivity (Wildman–Crippen MR) is 125 cm³/mol. The van der Waals surface area contributed by atoms with Crippen molar-refractivity contribution >= 4 is 29.3 Å². The second kappa shape index (κ2) is 10.3. The largest absolute Gasteiger partial charge is 0.489 e. The van der Waals surface area contributed by atoms with Crippen LogP contribution in [0.3, 0.4) is 0 Å². The van der Waals surface area contributed by atoms with Gasteiger partial charge >= 0.3 is 5.97 Å². The molecule has 1 heterocycles. The lowest BCUT2D eigenvalue weighted by Crippen LogP contribution is -2.28. The standard InChI is InChI=1S/C24H24ClN3O5/c1-5-33-23(31)20-21(32-4)22(30)28(3)24(27-20)26-19(15-9-7-6-8-10-15)17-12-11-16(14(2)29)13-18(17)25/h6-13,19H,5H2,1-4H3,(H,26,27). The van der Waals surface area contributed by atoms with Gasteiger partial charge < -0.3 is 14.8 Å². The van der Waals surface area contributed by atoms with Gasteiger partial charge in [0.1, 0.15) is 0 Å². The molecule has 3 aromatic rings. The smallest absolute Gasteiger partial charge is 0.361 e. The molecule has 1 N–H and O–H groups in total. The summed E-state index contributed by atoms with van der Waals surface area (Å²) in [6.45, 7) is 3.24. The van der Waals surface area contributed by atoms with Crippen molar-refractivity contribution in [2.45, 2.75) is 19.9 Å². The van der Waals surface area contributed by atoms with Gasteiger partial charge in [-0.2, -0.15) is 0 Å². The van der Waals surface area contributed by atoms with Crippen LogP contribution in [0.15, 0.2) is 53.3 Å². The van der Waals surface area contributed by atoms with Crippen LogP contribution in [0.25, 0.3) is 0 Å². The first-order valence-corrected chi connectivity index (χ1v) is 10.6. The molecule has 0 spiro atoms. The zero-order chi connectivity index (χ0) is 24.1. The number of methoxy groups -OCH3 is 1. The minimum Gasteiger partial charge on any atom is -0.489 e. The van der Waals surface area contributed by atoms with Gasteiger partial charge in [0.25, 0.3) is 5.56 Å². The molecular formula is C24H24ClN3O5. The van der Waals surface area contributed by atoms with Gasteiger partial charge in [-0.25, -0.2) is 9.78 Å². The van der Waals surface area contributed by atoms with Crippen LogP contribution in [0.5, 0.6) is 5.75 Å². The number of hydrogen-bond acceptors (Lipinski definition) is 7. The zero-order valence-corrected chi connectivity index (χ0v) is 19.5. The molecule has 8 nitrogen and oxygen atoms in total. The molecule has 0 fully saturated rings. The van der Waals surface area contributed by atoms with E-state index in [2.05, 4.69) is 10.3 Å². The number of benzene rings is 2. The second-order valence-electron chi connectivity index (χ2n) is 7.18. The Hall–Kier alpha value is -3.65. The van der Waals surface area contributed by atoms with E-state index in [9.17, 15) is 14.4 Å². The van der Waals surface area contributed by atoms with Crippen LogP contribution in [0.4, 0.5) is 5.95 Å². The summed E-state index contributed by atoms with van der Waals surface area (Å²) >= 11 is 6.55. The number of carbonyl (C=O) groups is 2. The van der Waals surface area contributed by atoms with E-state index in [-0.39, 0.29) is 29.8 Å². The molecule has 0 bridgehead atoms. The van der Waals surface area contributed by atoms with Crippen molar-refractivity contribution in [3.63, 3.8) is 0 Å². The van der Waals surface area contributed by atoms with Gasteiger partial charge in [-0.05, 0) is 31.0 Å². The molecule has 0 aliphatic rings. The van der Waals surface area contributed by atoms with Gasteiger partial charge in [0.15, 0.2) is 11.5 Å². The first kappa shape index (κ1) is 24.0. The number of halogens is 1. The van der Waals surface area contributed by atoms with Crippen LogP contribution in [0.2, 0.25) is 5.02 Å². The maximum Gasteiger partial charge on any atom is 0.361 e. The van der Waals surface area contributed by atoms with Crippen molar-refractivity contribution in [3.8, 4) is 5.75 Å². The summed E-state index contributed by atoms with van der Waals surface area (Å²) in [5.41, 5.74) is 1.20. The Morgan fingerprint density at radius 3 is 2.45 bits per heavy atom. The molecule has 1 aromatic heterocycles. The van der Waals surface area contributed by atoms with Crippen LogP contribution in [0.1, 0.15) is 51.9 Å². The van der Waals surface area contributed by atoms with Crippen molar-refractivity contribution in [2.24, 2.45) is 7.05 Å². The number of hydrogen-bond donors (Lipinski definition) is 1. The molecule has 33 heavy (non-hydrogen) atoms. The Labute approximate surface area is 196 Å². The number of ether oxygens (including phenoxy) is 2. The Balaban J connectivity index is 2.16. The van der Waals surface area contributed by atoms with Gasteiger partial charge in [-0.15, -0.1) is 0 Å². The Morgan fingerprint density at radius 1 is 1.18 bits per heavy atom. The summed E-state index contributed by atoms with van der Waals surface area (Å²) in [7, 11) is 2.80. The molecule has 1 unspecified atom stereocenters. The van der Waals surface area contributed by atoms with Gasteiger partial charge in [0.05, 0.1) is 19.8 Å². The summed E-state index contributed by atoms with van der Waals surface area (Å²) in [4.78, 5) is 41.4. The van der Waals surface area contributed by atoms with E-state index < -0.39 is 17.6 Å². The first-order chi connectivity index (χ1) is 15.8. The molecule has 172 valence electrons. The predicted octanol–water partition coefficient (Wildman–Crippen LogP) is 4.02. The highest BCUT2D eigenvalue weighted by molar-refractivity contribution is 6.31. The van der Waals surface area contributed by atoms with E-state index in [1.54, 1.807) is 25.1 Å². The highest BCUT2D eigenvalue weighted by Crippen LogP contribution is 2.32. The number of esters is 1. The zero-order valence-electron chi connectivity index (χ0n) is 18.7. The third kappa shape index (κ3) is 5.06. The molecule has 0 aliphatic carbocycles. The highest BCUT2D eigenvalue weighted by atomic mass is 35.5. The number of rotatable bonds is 8. The van der Waals surface area contributed by atoms with Crippen molar-refractivity contribution in [3.05, 3.63) is 86.3 Å². The average Bonchev–Trinajstić information content (AvgIpc) is 2.80. The summed E-state index contributed by atoms with van der Waals surface area (Å²) in [5, 5.41) is 3.59. The Bertz CT molecular complexity index is 1240. The van der Waals surface area contributed by atoms with E-state index in [4.69, 9.17) is 21.1 Å². The molecule has 9 heteroatoms. The lowest BCUT2D eigenvalue weighted by molar-refractivity contribution is 0.0514. The normalized spacial score (nSPS) is 11.5. The minimum atomic E-state index is -0.768. The van der Waals surface area contributed by atoms with Crippen molar-refractivity contribution in [1.29, 1.82) is 0 Å². The molecule has 0 amide bonds. The fraction of sp³-hybridized carbons (Fsp3) is 0.250. The van der Waals surface area contributed by atoms with Crippen LogP contribution >= 0.6 is 11.6 Å². The average molecular weight is 470 g/mol. The molecular weight excluding hydrogens is 446 g/mol. The summed E-state index contributed by atoms with van der Waals surface area (Å²) in [5.74, 6) is -0.966. The van der Waals surface area contributed by atoms with Gasteiger partial charge in [-0.3, -0.25) is 14.2 Å². The van der Waals surface area contributed by atoms with Gasteiger partial charge in [0.2, 0.25) is 11.7 Å². The fourth-order valence-corrected chi connectivity index (χ4v) is 3.62. The number of nitrogens with zero attached hydrogens (tertiary/aromatic N) is 2. The number of ketones is 1. The van der Waals surface area contributed by atoms with E-state index in [1.807, 2.05) is 30.3 Å². The molecule has 2 aromatic carbocycles. The third-order valence-electron chi connectivity index (χ3n) is 5.05. The van der Waals surface area contributed by atoms with Gasteiger partial charge in [-0.1, -0.05) is 54.1 Å². The fourth-order valence-electron chi connectivity index (χ4n) is 3.33. The van der Waals surface area contributed by atoms with Crippen LogP contribution in [-0.4, -0.2) is 35.0 Å². The number of nitrogens with one attached hydrogen (secondary N) is 1. The number of carbonyl (C=O) groups excluding carboxylic acids is 2. The molecule has 0 radical (unpaired) electrons. The molecule has 0 saturated carbocycles. The van der Waals surface area contributed by atoms with Crippen LogP contribution < -0.4 is 15.6 Å². The SMILES string of the molecule is CCOC(=O)c1nc(NC(c2ccccc2)c2ccc(C(C)=O)cc2Cl)n(C)c(=O)c1OC. The first-order valence-electron chi connectivity index (χ1n) is 10.2. The summed E-state index contributed by atoms with van der Waals surface area (Å²) in [6, 6.07) is 13.9. The molecule has 1 atom stereocenters. The third-order valence-corrected chi connectivity index (χ3v) is 5.37. The van der Waals surface area contributed by atoms with Crippen molar-refractivity contribution in [2.75, 3.05) is 19.0 Å². The van der Waals surface area contributed by atoms with Crippen LogP contribution in [-0.2, 0) is 11.8 Å². The van der Waals surface area contributed by atoms with E-state index in [0.717, 1.165) is 5.56 Å². The summed E-state index contributed by atoms with van der Waals surface area (Å²) < 4.78 is 11.4. The van der Waals surface area contributed by atoms with Crippen LogP contribution in [0, 0.1) is 0 Å². The lowest BCUT2D eigenvalue weighted by Gasteiger charge is -2.23. The molecule has 0 aliphatic heterocycles. The van der Waals surface area contributed by atoms with Crippen molar-refractivity contribution in [1.82, 2.24) is 9.55 Å². The topological polar surface area (TPSA) is 99.5 Å². The molecule has 3 rings (SSSR count). The summed E-state index contributed by atoms with van der Waals surface area (Å²) in [6.07, 6.45) is 0. The Kier molecular flexibility index (Phi) is 7.50. The van der Waals surface area contributed by atoms with Gasteiger partial charge in [0, 0.05) is 17.6 Å². The highest BCUT2D eigenvalue weighted by Gasteiger charge is 2.25. The number of aromatic nitrogens is 2. The number of Topliss-reactive ketones (excluding diaryl/α,β-unsaturated/α-hetero) is 1. The van der Waals surface area contributed by atoms with E-state index in [0.29, 0.717) is 16.1 Å². The maximum atomic E-state index is 12.9. The number of anilines is 1. The monoisotopic (exact) mass is 469 g/mol. The second-order valence-corrected chi connectivity index (χ2v) is 7.59. The minimum absolute atomic E-state index is 0.106. The van der Waals surface area contributed by atoms with Crippen molar-refractivity contribution < 1.29 is 19.1 Å². The van der Waals surface area contributed by atoms with E-state index >= 15 is 0 Å². The quantitative estimate of drug-likeness (QED) is 0.393. The Morgan fingerprint density at radius 2 is 1.88 bits per heavy atom. The lowest BCUT2D eigenvalue weighted by atomic mass is 9.97. The van der Waals surface area contributed by atoms with E-state index in [1.165, 1.54) is 25.6 Å².